The number of nitrogens with one attached hydrogen (secondary N) is 1. The molecule has 0 aromatic carbocycles. The molecule has 2 heterocycles. The molecule has 0 aliphatic rings. The molecule has 0 saturated carbocycles. The molecule has 0 bridgehead atoms. The van der Waals surface area contributed by atoms with Crippen LogP contribution in [0.25, 0.3) is 11.3 Å². The van der Waals surface area contributed by atoms with Gasteiger partial charge in [0.1, 0.15) is 17.9 Å². The van der Waals surface area contributed by atoms with Gasteiger partial charge in [-0.1, -0.05) is 0 Å². The van der Waals surface area contributed by atoms with Crippen molar-refractivity contribution in [2.45, 2.75) is 13.8 Å². The lowest BCUT2D eigenvalue weighted by Crippen LogP contribution is -2.03. The zero-order chi connectivity index (χ0) is 13.0. The predicted molar refractivity (Wildman–Crippen MR) is 70.7 cm³/mol. The first-order chi connectivity index (χ1) is 8.76. The average molecular weight is 244 g/mol. The third-order valence-corrected chi connectivity index (χ3v) is 2.65. The van der Waals surface area contributed by atoms with Crippen molar-refractivity contribution in [3.8, 4) is 17.0 Å². The summed E-state index contributed by atoms with van der Waals surface area (Å²) in [6, 6.07) is 1.91. The van der Waals surface area contributed by atoms with Gasteiger partial charge in [-0.05, 0) is 19.9 Å². The lowest BCUT2D eigenvalue weighted by molar-refractivity contribution is 0.413. The average Bonchev–Trinajstić information content (AvgIpc) is 2.41. The molecule has 2 aromatic heterocycles. The Kier molecular flexibility index (Phi) is 3.72. The first-order valence-corrected chi connectivity index (χ1v) is 5.81. The van der Waals surface area contributed by atoms with Gasteiger partial charge in [0.15, 0.2) is 0 Å². The number of rotatable bonds is 4. The van der Waals surface area contributed by atoms with Gasteiger partial charge < -0.3 is 10.1 Å². The van der Waals surface area contributed by atoms with E-state index >= 15 is 0 Å². The minimum atomic E-state index is 0.718. The van der Waals surface area contributed by atoms with E-state index in [-0.39, 0.29) is 0 Å². The second-order valence-corrected chi connectivity index (χ2v) is 3.84. The number of hydrogen-bond acceptors (Lipinski definition) is 5. The fourth-order valence-electron chi connectivity index (χ4n) is 1.75. The first kappa shape index (κ1) is 12.3. The third-order valence-electron chi connectivity index (χ3n) is 2.65. The van der Waals surface area contributed by atoms with Gasteiger partial charge >= 0.3 is 0 Å². The third kappa shape index (κ3) is 2.40. The van der Waals surface area contributed by atoms with E-state index in [4.69, 9.17) is 4.74 Å². The Labute approximate surface area is 106 Å². The van der Waals surface area contributed by atoms with Gasteiger partial charge in [0.2, 0.25) is 0 Å². The molecule has 0 amide bonds. The van der Waals surface area contributed by atoms with Gasteiger partial charge in [-0.3, -0.25) is 4.98 Å². The molecule has 0 fully saturated rings. The van der Waals surface area contributed by atoms with E-state index < -0.39 is 0 Å². The van der Waals surface area contributed by atoms with E-state index in [1.807, 2.05) is 19.9 Å². The lowest BCUT2D eigenvalue weighted by atomic mass is 10.1. The Morgan fingerprint density at radius 1 is 1.28 bits per heavy atom. The molecule has 2 rings (SSSR count). The maximum atomic E-state index is 5.17. The highest BCUT2D eigenvalue weighted by molar-refractivity contribution is 5.67. The van der Waals surface area contributed by atoms with Crippen LogP contribution < -0.4 is 10.1 Å². The Hall–Kier alpha value is -2.17. The van der Waals surface area contributed by atoms with Crippen molar-refractivity contribution >= 4 is 5.82 Å². The van der Waals surface area contributed by atoms with Crippen LogP contribution in [-0.4, -0.2) is 28.6 Å². The van der Waals surface area contributed by atoms with Crippen LogP contribution in [-0.2, 0) is 0 Å². The minimum absolute atomic E-state index is 0.718. The zero-order valence-corrected chi connectivity index (χ0v) is 10.8. The summed E-state index contributed by atoms with van der Waals surface area (Å²) in [7, 11) is 1.62. The van der Waals surface area contributed by atoms with E-state index in [2.05, 4.69) is 20.3 Å². The smallest absolute Gasteiger partial charge is 0.137 e. The normalized spacial score (nSPS) is 10.2. The van der Waals surface area contributed by atoms with E-state index in [1.54, 1.807) is 25.8 Å². The van der Waals surface area contributed by atoms with E-state index in [0.717, 1.165) is 34.9 Å². The highest BCUT2D eigenvalue weighted by Gasteiger charge is 2.09. The molecule has 1 N–H and O–H groups in total. The van der Waals surface area contributed by atoms with Crippen LogP contribution in [0.2, 0.25) is 0 Å². The topological polar surface area (TPSA) is 59.9 Å². The van der Waals surface area contributed by atoms with Gasteiger partial charge in [0, 0.05) is 23.9 Å². The Balaban J connectivity index is 2.46. The number of methoxy groups -OCH3 is 1. The quantitative estimate of drug-likeness (QED) is 0.894. The molecule has 2 aromatic rings. The van der Waals surface area contributed by atoms with Crippen molar-refractivity contribution in [2.75, 3.05) is 19.0 Å². The second kappa shape index (κ2) is 5.44. The van der Waals surface area contributed by atoms with Gasteiger partial charge in [-0.2, -0.15) is 0 Å². The van der Waals surface area contributed by atoms with Gasteiger partial charge in [0.25, 0.3) is 0 Å². The van der Waals surface area contributed by atoms with Crippen molar-refractivity contribution in [2.24, 2.45) is 0 Å². The van der Waals surface area contributed by atoms with E-state index in [9.17, 15) is 0 Å². The summed E-state index contributed by atoms with van der Waals surface area (Å²) < 4.78 is 5.17. The predicted octanol–water partition coefficient (Wildman–Crippen LogP) is 2.29. The highest BCUT2D eigenvalue weighted by Crippen LogP contribution is 2.26. The molecular weight excluding hydrogens is 228 g/mol. The molecule has 5 nitrogen and oxygen atoms in total. The molecule has 0 radical (unpaired) electrons. The van der Waals surface area contributed by atoms with Crippen molar-refractivity contribution < 1.29 is 4.74 Å². The van der Waals surface area contributed by atoms with Crippen molar-refractivity contribution in [3.05, 3.63) is 30.4 Å². The summed E-state index contributed by atoms with van der Waals surface area (Å²) in [5, 5.41) is 3.21. The van der Waals surface area contributed by atoms with Crippen LogP contribution in [0.5, 0.6) is 5.75 Å². The second-order valence-electron chi connectivity index (χ2n) is 3.84. The Bertz CT molecular complexity index is 542. The molecule has 0 aliphatic carbocycles. The highest BCUT2D eigenvalue weighted by atomic mass is 16.5. The Morgan fingerprint density at radius 2 is 2.11 bits per heavy atom. The van der Waals surface area contributed by atoms with Crippen molar-refractivity contribution in [1.29, 1.82) is 0 Å². The first-order valence-electron chi connectivity index (χ1n) is 5.81. The summed E-state index contributed by atoms with van der Waals surface area (Å²) >= 11 is 0. The van der Waals surface area contributed by atoms with Crippen molar-refractivity contribution in [3.63, 3.8) is 0 Å². The molecule has 0 atom stereocenters. The molecule has 0 spiro atoms. The molecule has 0 aliphatic heterocycles. The largest absolute Gasteiger partial charge is 0.495 e. The van der Waals surface area contributed by atoms with Gasteiger partial charge in [-0.15, -0.1) is 0 Å². The molecular formula is C13H16N4O. The van der Waals surface area contributed by atoms with Crippen molar-refractivity contribution in [1.82, 2.24) is 15.0 Å². The fourth-order valence-corrected chi connectivity index (χ4v) is 1.75. The van der Waals surface area contributed by atoms with E-state index in [0.29, 0.717) is 0 Å². The summed E-state index contributed by atoms with van der Waals surface area (Å²) in [4.78, 5) is 12.7. The van der Waals surface area contributed by atoms with Crippen LogP contribution in [0, 0.1) is 6.92 Å². The van der Waals surface area contributed by atoms with Crippen LogP contribution in [0.15, 0.2) is 24.8 Å². The molecule has 0 unspecified atom stereocenters. The maximum absolute atomic E-state index is 5.17. The minimum Gasteiger partial charge on any atom is -0.495 e. The SMILES string of the molecule is CCNc1ncnc(-c2cncc(OC)c2)c1C. The lowest BCUT2D eigenvalue weighted by Gasteiger charge is -2.10. The molecule has 0 saturated heterocycles. The summed E-state index contributed by atoms with van der Waals surface area (Å²) in [5.41, 5.74) is 2.80. The molecule has 5 heteroatoms. The van der Waals surface area contributed by atoms with Crippen LogP contribution >= 0.6 is 0 Å². The van der Waals surface area contributed by atoms with Crippen LogP contribution in [0.4, 0.5) is 5.82 Å². The van der Waals surface area contributed by atoms with Crippen LogP contribution in [0.1, 0.15) is 12.5 Å². The number of pyridine rings is 1. The molecule has 18 heavy (non-hydrogen) atoms. The summed E-state index contributed by atoms with van der Waals surface area (Å²) in [5.74, 6) is 1.57. The monoisotopic (exact) mass is 244 g/mol. The van der Waals surface area contributed by atoms with Gasteiger partial charge in [0.05, 0.1) is 19.0 Å². The van der Waals surface area contributed by atoms with E-state index in [1.165, 1.54) is 0 Å². The number of nitrogens with zero attached hydrogens (tertiary/aromatic N) is 3. The number of anilines is 1. The zero-order valence-electron chi connectivity index (χ0n) is 10.8. The van der Waals surface area contributed by atoms with Gasteiger partial charge in [-0.25, -0.2) is 9.97 Å². The van der Waals surface area contributed by atoms with Crippen LogP contribution in [0.3, 0.4) is 0 Å². The summed E-state index contributed by atoms with van der Waals surface area (Å²) in [6.45, 7) is 4.86. The number of aromatic nitrogens is 3. The fraction of sp³-hybridized carbons (Fsp3) is 0.308. The Morgan fingerprint density at radius 3 is 2.83 bits per heavy atom. The number of hydrogen-bond donors (Lipinski definition) is 1. The standard InChI is InChI=1S/C13H16N4O/c1-4-15-13-9(2)12(16-8-17-13)10-5-11(18-3)7-14-6-10/h5-8H,4H2,1-3H3,(H,15,16,17). The number of ether oxygens (including phenoxy) is 1. The summed E-state index contributed by atoms with van der Waals surface area (Å²) in [6.07, 6.45) is 5.00. The molecule has 94 valence electrons. The maximum Gasteiger partial charge on any atom is 0.137 e.